The molecule has 7 aromatic carbocycles. The molecule has 1 N–H and O–H groups in total. The summed E-state index contributed by atoms with van der Waals surface area (Å²) >= 11 is 0. The third kappa shape index (κ3) is 8.71. The molecule has 0 radical (unpaired) electrons. The minimum Gasteiger partial charge on any atom is -0.491 e. The Morgan fingerprint density at radius 3 is 1.94 bits per heavy atom. The highest BCUT2D eigenvalue weighted by Gasteiger charge is 2.41. The van der Waals surface area contributed by atoms with Gasteiger partial charge in [0.05, 0.1) is 44.1 Å². The summed E-state index contributed by atoms with van der Waals surface area (Å²) in [5.74, 6) is 0.814. The van der Waals surface area contributed by atoms with Crippen molar-refractivity contribution in [3.63, 3.8) is 0 Å². The first kappa shape index (κ1) is 44.4. The molecule has 1 aliphatic rings. The molecule has 0 spiro atoms. The maximum atomic E-state index is 6.12. The molecule has 8 nitrogen and oxygen atoms in total. The number of rotatable bonds is 22. The first-order valence-corrected chi connectivity index (χ1v) is 24.2. The van der Waals surface area contributed by atoms with Gasteiger partial charge in [0.2, 0.25) is 0 Å². The fourth-order valence-electron chi connectivity index (χ4n) is 10.4. The van der Waals surface area contributed by atoms with Crippen LogP contribution in [-0.4, -0.2) is 69.0 Å². The maximum Gasteiger partial charge on any atom is 0.119 e. The zero-order valence-corrected chi connectivity index (χ0v) is 39.1. The summed E-state index contributed by atoms with van der Waals surface area (Å²) in [6, 6.07) is 55.7. The molecule has 1 atom stereocenters. The van der Waals surface area contributed by atoms with Crippen LogP contribution in [0.3, 0.4) is 0 Å². The van der Waals surface area contributed by atoms with Crippen LogP contribution >= 0.6 is 0 Å². The van der Waals surface area contributed by atoms with Crippen LogP contribution in [0.25, 0.3) is 60.4 Å². The molecule has 9 aromatic rings. The minimum atomic E-state index is -0.147. The summed E-state index contributed by atoms with van der Waals surface area (Å²) in [6.07, 6.45) is 3.97. The van der Waals surface area contributed by atoms with Gasteiger partial charge in [0.25, 0.3) is 0 Å². The molecule has 2 aromatic heterocycles. The van der Waals surface area contributed by atoms with Gasteiger partial charge in [0, 0.05) is 80.6 Å². The van der Waals surface area contributed by atoms with Gasteiger partial charge in [0.15, 0.2) is 0 Å². The topological polar surface area (TPSA) is 70.1 Å². The van der Waals surface area contributed by atoms with Gasteiger partial charge in [-0.1, -0.05) is 80.6 Å². The third-order valence-corrected chi connectivity index (χ3v) is 13.6. The second-order valence-electron chi connectivity index (χ2n) is 17.5. The molecule has 0 saturated carbocycles. The standard InChI is InChI=1S/C59H61N3O5/c1-4-31-64-35-36-65-32-13-30-59(5-2)53-17-10-7-14-47(53)48-27-22-45(41-54(48)59)61(43-23-28-56-51(39-43)49-15-8-11-18-55(49)60-56)44-24-29-58-52(40-44)50-16-9-12-19-57(50)62(58)42-20-25-46(26-21-42)67-38-37-66-34-33-63-6-3/h7-12,14-29,39-41,60H,4-6,13,30-38H2,1-3H3. The van der Waals surface area contributed by atoms with Crippen LogP contribution in [-0.2, 0) is 24.4 Å². The van der Waals surface area contributed by atoms with Crippen molar-refractivity contribution in [1.82, 2.24) is 9.55 Å². The number of H-pyrrole nitrogens is 1. The fraction of sp³-hybridized carbons (Fsp3) is 0.288. The maximum absolute atomic E-state index is 6.12. The predicted molar refractivity (Wildman–Crippen MR) is 275 cm³/mol. The largest absolute Gasteiger partial charge is 0.491 e. The third-order valence-electron chi connectivity index (χ3n) is 13.6. The molecule has 67 heavy (non-hydrogen) atoms. The summed E-state index contributed by atoms with van der Waals surface area (Å²) in [6.45, 7) is 12.1. The first-order chi connectivity index (χ1) is 33.1. The van der Waals surface area contributed by atoms with Crippen molar-refractivity contribution in [3.8, 4) is 22.6 Å². The lowest BCUT2D eigenvalue weighted by Gasteiger charge is -2.33. The molecule has 1 aliphatic carbocycles. The van der Waals surface area contributed by atoms with Crippen molar-refractivity contribution in [2.24, 2.45) is 0 Å². The number of aromatic nitrogens is 2. The van der Waals surface area contributed by atoms with Crippen molar-refractivity contribution < 1.29 is 23.7 Å². The quantitative estimate of drug-likeness (QED) is 0.0684. The van der Waals surface area contributed by atoms with Crippen molar-refractivity contribution >= 4 is 60.7 Å². The lowest BCUT2D eigenvalue weighted by molar-refractivity contribution is 0.0405. The van der Waals surface area contributed by atoms with Crippen LogP contribution in [0.4, 0.5) is 17.1 Å². The summed E-state index contributed by atoms with van der Waals surface area (Å²) in [4.78, 5) is 6.12. The predicted octanol–water partition coefficient (Wildman–Crippen LogP) is 14.2. The highest BCUT2D eigenvalue weighted by atomic mass is 16.5. The lowest BCUT2D eigenvalue weighted by atomic mass is 9.72. The second-order valence-corrected chi connectivity index (χ2v) is 17.5. The van der Waals surface area contributed by atoms with Gasteiger partial charge in [-0.15, -0.1) is 0 Å². The van der Waals surface area contributed by atoms with Gasteiger partial charge in [-0.3, -0.25) is 0 Å². The highest BCUT2D eigenvalue weighted by Crippen LogP contribution is 2.55. The normalized spacial score (nSPS) is 14.4. The monoisotopic (exact) mass is 891 g/mol. The molecule has 0 amide bonds. The van der Waals surface area contributed by atoms with Gasteiger partial charge in [-0.05, 0) is 140 Å². The van der Waals surface area contributed by atoms with Crippen LogP contribution < -0.4 is 9.64 Å². The number of hydrogen-bond donors (Lipinski definition) is 1. The Bertz CT molecular complexity index is 3120. The van der Waals surface area contributed by atoms with E-state index in [1.807, 2.05) is 19.1 Å². The van der Waals surface area contributed by atoms with E-state index in [4.69, 9.17) is 23.7 Å². The molecule has 0 aliphatic heterocycles. The van der Waals surface area contributed by atoms with Crippen LogP contribution in [0.15, 0.2) is 152 Å². The van der Waals surface area contributed by atoms with E-state index in [0.717, 1.165) is 82.9 Å². The summed E-state index contributed by atoms with van der Waals surface area (Å²) in [7, 11) is 0. The number of fused-ring (bicyclic) bond motifs is 9. The van der Waals surface area contributed by atoms with E-state index in [1.165, 1.54) is 43.8 Å². The Balaban J connectivity index is 1.04. The Hall–Kier alpha value is -6.42. The average Bonchev–Trinajstić information content (AvgIpc) is 4.00. The zero-order valence-electron chi connectivity index (χ0n) is 39.1. The lowest BCUT2D eigenvalue weighted by Crippen LogP contribution is -2.25. The van der Waals surface area contributed by atoms with Gasteiger partial charge < -0.3 is 38.1 Å². The van der Waals surface area contributed by atoms with Crippen LogP contribution in [0.1, 0.15) is 57.6 Å². The summed E-state index contributed by atoms with van der Waals surface area (Å²) in [5, 5.41) is 4.80. The Labute approximate surface area is 394 Å². The minimum absolute atomic E-state index is 0.147. The van der Waals surface area contributed by atoms with Crippen molar-refractivity contribution in [2.75, 3.05) is 64.4 Å². The Kier molecular flexibility index (Phi) is 13.4. The number of benzene rings is 7. The van der Waals surface area contributed by atoms with Gasteiger partial charge in [0.1, 0.15) is 12.4 Å². The smallest absolute Gasteiger partial charge is 0.119 e. The van der Waals surface area contributed by atoms with Crippen LogP contribution in [0.2, 0.25) is 0 Å². The zero-order chi connectivity index (χ0) is 45.6. The molecule has 10 rings (SSSR count). The number of hydrogen-bond acceptors (Lipinski definition) is 6. The van der Waals surface area contributed by atoms with Gasteiger partial charge in [-0.25, -0.2) is 0 Å². The van der Waals surface area contributed by atoms with Crippen molar-refractivity contribution in [3.05, 3.63) is 163 Å². The van der Waals surface area contributed by atoms with Gasteiger partial charge >= 0.3 is 0 Å². The van der Waals surface area contributed by atoms with E-state index in [-0.39, 0.29) is 5.41 Å². The van der Waals surface area contributed by atoms with Gasteiger partial charge in [-0.2, -0.15) is 0 Å². The van der Waals surface area contributed by atoms with Crippen molar-refractivity contribution in [1.29, 1.82) is 0 Å². The molecular formula is C59H61N3O5. The molecule has 0 saturated heterocycles. The van der Waals surface area contributed by atoms with E-state index < -0.39 is 0 Å². The van der Waals surface area contributed by atoms with Crippen molar-refractivity contribution in [2.45, 2.75) is 51.9 Å². The van der Waals surface area contributed by atoms with E-state index in [2.05, 4.69) is 168 Å². The molecule has 2 heterocycles. The number of nitrogens with zero attached hydrogens (tertiary/aromatic N) is 2. The first-order valence-electron chi connectivity index (χ1n) is 24.2. The SMILES string of the molecule is CCCOCCOCCCC1(CC)c2ccccc2-c2ccc(N(c3ccc4[nH]c5ccccc5c4c3)c3ccc4c(c3)c3ccccc3n4-c3ccc(OCCOCCOCC)cc3)cc21. The van der Waals surface area contributed by atoms with E-state index in [0.29, 0.717) is 52.9 Å². The highest BCUT2D eigenvalue weighted by molar-refractivity contribution is 6.12. The summed E-state index contributed by atoms with van der Waals surface area (Å²) in [5.41, 5.74) is 14.3. The van der Waals surface area contributed by atoms with E-state index >= 15 is 0 Å². The molecule has 0 fully saturated rings. The molecule has 342 valence electrons. The molecule has 1 unspecified atom stereocenters. The summed E-state index contributed by atoms with van der Waals surface area (Å²) < 4.78 is 31.3. The molecular weight excluding hydrogens is 831 g/mol. The average molecular weight is 892 g/mol. The number of aromatic amines is 1. The Morgan fingerprint density at radius 2 is 1.12 bits per heavy atom. The number of para-hydroxylation sites is 2. The number of nitrogens with one attached hydrogen (secondary N) is 1. The number of anilines is 3. The van der Waals surface area contributed by atoms with E-state index in [9.17, 15) is 0 Å². The Morgan fingerprint density at radius 1 is 0.493 bits per heavy atom. The van der Waals surface area contributed by atoms with Crippen LogP contribution in [0, 0.1) is 0 Å². The van der Waals surface area contributed by atoms with E-state index in [1.54, 1.807) is 0 Å². The van der Waals surface area contributed by atoms with Crippen LogP contribution in [0.5, 0.6) is 5.75 Å². The molecule has 0 bridgehead atoms. The second kappa shape index (κ2) is 20.2. The molecule has 8 heteroatoms. The number of ether oxygens (including phenoxy) is 5. The fourth-order valence-corrected chi connectivity index (χ4v) is 10.4.